The quantitative estimate of drug-likeness (QED) is 0.342. The Hall–Kier alpha value is -3.01. The summed E-state index contributed by atoms with van der Waals surface area (Å²) < 4.78 is 14.1. The standard InChI is InChI=1S/C25H23FO2/c1-3-18-5-8-20(9-6-18)21-11-13-23(14-12-21)25(28-27)16-15-22-10-7-19(4-2)17-24(22)26/h3-14,17,25,27H,1-2,15-16H2. The van der Waals surface area contributed by atoms with Crippen LogP contribution in [0.2, 0.25) is 0 Å². The van der Waals surface area contributed by atoms with Crippen LogP contribution in [0.1, 0.15) is 34.8 Å². The van der Waals surface area contributed by atoms with Gasteiger partial charge in [0.25, 0.3) is 0 Å². The summed E-state index contributed by atoms with van der Waals surface area (Å²) in [6.45, 7) is 7.40. The molecule has 2 nitrogen and oxygen atoms in total. The predicted molar refractivity (Wildman–Crippen MR) is 113 cm³/mol. The summed E-state index contributed by atoms with van der Waals surface area (Å²) in [5.41, 5.74) is 5.42. The first-order valence-corrected chi connectivity index (χ1v) is 9.18. The molecular weight excluding hydrogens is 351 g/mol. The number of hydrogen-bond acceptors (Lipinski definition) is 2. The molecule has 0 heterocycles. The molecule has 0 aliphatic heterocycles. The summed E-state index contributed by atoms with van der Waals surface area (Å²) in [5.74, 6) is -0.271. The highest BCUT2D eigenvalue weighted by Crippen LogP contribution is 2.27. The lowest BCUT2D eigenvalue weighted by Gasteiger charge is -2.15. The predicted octanol–water partition coefficient (Wildman–Crippen LogP) is 6.94. The molecule has 0 amide bonds. The van der Waals surface area contributed by atoms with Crippen molar-refractivity contribution >= 4 is 12.2 Å². The van der Waals surface area contributed by atoms with Crippen LogP contribution in [0.4, 0.5) is 4.39 Å². The van der Waals surface area contributed by atoms with Gasteiger partial charge in [-0.3, -0.25) is 5.26 Å². The fourth-order valence-electron chi connectivity index (χ4n) is 3.16. The Kier molecular flexibility index (Phi) is 6.53. The smallest absolute Gasteiger partial charge is 0.126 e. The second-order valence-electron chi connectivity index (χ2n) is 6.64. The summed E-state index contributed by atoms with van der Waals surface area (Å²) in [5, 5.41) is 9.34. The lowest BCUT2D eigenvalue weighted by atomic mass is 9.97. The van der Waals surface area contributed by atoms with Crippen molar-refractivity contribution in [2.45, 2.75) is 18.9 Å². The van der Waals surface area contributed by atoms with Crippen molar-refractivity contribution in [3.05, 3.63) is 108 Å². The zero-order chi connectivity index (χ0) is 19.9. The third kappa shape index (κ3) is 4.63. The maximum absolute atomic E-state index is 14.1. The highest BCUT2D eigenvalue weighted by atomic mass is 19.1. The molecule has 0 saturated carbocycles. The third-order valence-corrected chi connectivity index (χ3v) is 4.88. The lowest BCUT2D eigenvalue weighted by Crippen LogP contribution is -2.04. The first kappa shape index (κ1) is 19.7. The van der Waals surface area contributed by atoms with E-state index in [1.165, 1.54) is 6.07 Å². The molecule has 0 saturated heterocycles. The van der Waals surface area contributed by atoms with E-state index in [9.17, 15) is 9.65 Å². The zero-order valence-corrected chi connectivity index (χ0v) is 15.6. The van der Waals surface area contributed by atoms with Crippen molar-refractivity contribution in [3.8, 4) is 11.1 Å². The molecule has 0 radical (unpaired) electrons. The van der Waals surface area contributed by atoms with Gasteiger partial charge in [0.1, 0.15) is 11.9 Å². The third-order valence-electron chi connectivity index (χ3n) is 4.88. The van der Waals surface area contributed by atoms with Crippen molar-refractivity contribution in [2.75, 3.05) is 0 Å². The van der Waals surface area contributed by atoms with Crippen LogP contribution in [0.3, 0.4) is 0 Å². The molecule has 1 unspecified atom stereocenters. The summed E-state index contributed by atoms with van der Waals surface area (Å²) in [4.78, 5) is 4.67. The van der Waals surface area contributed by atoms with E-state index in [4.69, 9.17) is 0 Å². The van der Waals surface area contributed by atoms with Crippen LogP contribution in [0.15, 0.2) is 79.9 Å². The van der Waals surface area contributed by atoms with Crippen molar-refractivity contribution in [2.24, 2.45) is 0 Å². The average Bonchev–Trinajstić information content (AvgIpc) is 2.75. The van der Waals surface area contributed by atoms with Crippen LogP contribution in [-0.4, -0.2) is 5.26 Å². The van der Waals surface area contributed by atoms with Crippen LogP contribution in [0.5, 0.6) is 0 Å². The van der Waals surface area contributed by atoms with Gasteiger partial charge in [0, 0.05) is 0 Å². The number of halogens is 1. The summed E-state index contributed by atoms with van der Waals surface area (Å²) in [6.07, 6.45) is 3.83. The maximum atomic E-state index is 14.1. The minimum absolute atomic E-state index is 0.271. The van der Waals surface area contributed by atoms with Crippen molar-refractivity contribution in [3.63, 3.8) is 0 Å². The van der Waals surface area contributed by atoms with Crippen LogP contribution in [0.25, 0.3) is 23.3 Å². The first-order valence-electron chi connectivity index (χ1n) is 9.18. The molecule has 0 fully saturated rings. The number of benzene rings is 3. The first-order chi connectivity index (χ1) is 13.6. The minimum atomic E-state index is -0.518. The fourth-order valence-corrected chi connectivity index (χ4v) is 3.16. The van der Waals surface area contributed by atoms with E-state index < -0.39 is 6.10 Å². The molecule has 0 aromatic heterocycles. The highest BCUT2D eigenvalue weighted by molar-refractivity contribution is 5.65. The van der Waals surface area contributed by atoms with Gasteiger partial charge in [-0.2, -0.15) is 0 Å². The summed E-state index contributed by atoms with van der Waals surface area (Å²) >= 11 is 0. The van der Waals surface area contributed by atoms with E-state index in [0.717, 1.165) is 27.8 Å². The Morgan fingerprint density at radius 1 is 0.857 bits per heavy atom. The van der Waals surface area contributed by atoms with Gasteiger partial charge >= 0.3 is 0 Å². The number of aryl methyl sites for hydroxylation is 1. The molecule has 0 aliphatic carbocycles. The maximum Gasteiger partial charge on any atom is 0.126 e. The Bertz CT molecular complexity index is 943. The monoisotopic (exact) mass is 374 g/mol. The van der Waals surface area contributed by atoms with Gasteiger partial charge in [-0.15, -0.1) is 0 Å². The van der Waals surface area contributed by atoms with E-state index >= 15 is 0 Å². The Labute approximate surface area is 165 Å². The fraction of sp³-hybridized carbons (Fsp3) is 0.120. The van der Waals surface area contributed by atoms with E-state index in [0.29, 0.717) is 18.4 Å². The van der Waals surface area contributed by atoms with Crippen LogP contribution >= 0.6 is 0 Å². The second kappa shape index (κ2) is 9.27. The van der Waals surface area contributed by atoms with Crippen LogP contribution in [-0.2, 0) is 11.3 Å². The molecule has 28 heavy (non-hydrogen) atoms. The topological polar surface area (TPSA) is 29.5 Å². The number of rotatable bonds is 8. The van der Waals surface area contributed by atoms with E-state index in [2.05, 4.69) is 18.0 Å². The zero-order valence-electron chi connectivity index (χ0n) is 15.6. The van der Waals surface area contributed by atoms with Gasteiger partial charge in [0.05, 0.1) is 0 Å². The van der Waals surface area contributed by atoms with Gasteiger partial charge in [-0.1, -0.05) is 86.0 Å². The highest BCUT2D eigenvalue weighted by Gasteiger charge is 2.14. The van der Waals surface area contributed by atoms with E-state index in [1.54, 1.807) is 12.1 Å². The van der Waals surface area contributed by atoms with E-state index in [1.807, 2.05) is 60.7 Å². The van der Waals surface area contributed by atoms with Gasteiger partial charge in [0.15, 0.2) is 0 Å². The van der Waals surface area contributed by atoms with Gasteiger partial charge in [-0.05, 0) is 52.3 Å². The van der Waals surface area contributed by atoms with E-state index in [-0.39, 0.29) is 5.82 Å². The van der Waals surface area contributed by atoms with Gasteiger partial charge in [0.2, 0.25) is 0 Å². The molecule has 3 aromatic rings. The average molecular weight is 374 g/mol. The molecule has 0 spiro atoms. The molecule has 142 valence electrons. The van der Waals surface area contributed by atoms with Crippen molar-refractivity contribution < 1.29 is 14.5 Å². The normalized spacial score (nSPS) is 11.8. The Morgan fingerprint density at radius 3 is 1.96 bits per heavy atom. The number of hydrogen-bond donors (Lipinski definition) is 1. The second-order valence-corrected chi connectivity index (χ2v) is 6.64. The molecule has 1 atom stereocenters. The SMILES string of the molecule is C=Cc1ccc(-c2ccc(C(CCc3ccc(C=C)cc3F)OO)cc2)cc1. The summed E-state index contributed by atoms with van der Waals surface area (Å²) in [7, 11) is 0. The molecular formula is C25H23FO2. The molecule has 3 heteroatoms. The molecule has 3 aromatic carbocycles. The minimum Gasteiger partial charge on any atom is -0.251 e. The van der Waals surface area contributed by atoms with Crippen molar-refractivity contribution in [1.82, 2.24) is 0 Å². The largest absolute Gasteiger partial charge is 0.251 e. The van der Waals surface area contributed by atoms with Crippen molar-refractivity contribution in [1.29, 1.82) is 0 Å². The Morgan fingerprint density at radius 2 is 1.43 bits per heavy atom. The van der Waals surface area contributed by atoms with Gasteiger partial charge < -0.3 is 0 Å². The Balaban J connectivity index is 1.70. The van der Waals surface area contributed by atoms with Crippen LogP contribution < -0.4 is 0 Å². The lowest BCUT2D eigenvalue weighted by molar-refractivity contribution is -0.283. The molecule has 0 aliphatic rings. The molecule has 3 rings (SSSR count). The van der Waals surface area contributed by atoms with Gasteiger partial charge in [-0.25, -0.2) is 9.28 Å². The van der Waals surface area contributed by atoms with Crippen LogP contribution in [0, 0.1) is 5.82 Å². The molecule has 0 bridgehead atoms. The molecule has 1 N–H and O–H groups in total. The summed E-state index contributed by atoms with van der Waals surface area (Å²) in [6, 6.07) is 21.0.